The number of carbonyl (C=O) groups is 1. The van der Waals surface area contributed by atoms with Crippen LogP contribution < -0.4 is 30.2 Å². The second kappa shape index (κ2) is 12.1. The summed E-state index contributed by atoms with van der Waals surface area (Å²) in [5.41, 5.74) is 1.39. The Morgan fingerprint density at radius 3 is 2.60 bits per heavy atom. The molecule has 3 rings (SSSR count). The van der Waals surface area contributed by atoms with Crippen LogP contribution >= 0.6 is 24.0 Å². The summed E-state index contributed by atoms with van der Waals surface area (Å²) in [6.07, 6.45) is 0.863. The Labute approximate surface area is 193 Å². The summed E-state index contributed by atoms with van der Waals surface area (Å²) >= 11 is 0. The van der Waals surface area contributed by atoms with Gasteiger partial charge < -0.3 is 30.2 Å². The number of rotatable bonds is 6. The maximum absolute atomic E-state index is 12.2. The van der Waals surface area contributed by atoms with E-state index in [2.05, 4.69) is 20.9 Å². The molecule has 0 saturated heterocycles. The molecule has 0 saturated carbocycles. The van der Waals surface area contributed by atoms with Crippen LogP contribution in [0.4, 0.5) is 5.69 Å². The fraction of sp³-hybridized carbons (Fsp3) is 0.333. The first kappa shape index (κ1) is 23.6. The first-order valence-electron chi connectivity index (χ1n) is 9.49. The molecule has 1 aliphatic rings. The van der Waals surface area contributed by atoms with Gasteiger partial charge in [-0.15, -0.1) is 24.0 Å². The van der Waals surface area contributed by atoms with Crippen LogP contribution in [0.15, 0.2) is 47.5 Å². The summed E-state index contributed by atoms with van der Waals surface area (Å²) in [4.78, 5) is 16.4. The number of guanidine groups is 1. The highest BCUT2D eigenvalue weighted by atomic mass is 127. The van der Waals surface area contributed by atoms with Crippen molar-refractivity contribution in [3.63, 3.8) is 0 Å². The van der Waals surface area contributed by atoms with Gasteiger partial charge in [-0.1, -0.05) is 6.07 Å². The van der Waals surface area contributed by atoms with Gasteiger partial charge in [0.1, 0.15) is 5.75 Å². The molecule has 2 aromatic carbocycles. The second-order valence-electron chi connectivity index (χ2n) is 6.32. The molecule has 0 spiro atoms. The molecule has 1 aliphatic heterocycles. The van der Waals surface area contributed by atoms with Crippen molar-refractivity contribution in [3.05, 3.63) is 48.0 Å². The lowest BCUT2D eigenvalue weighted by atomic mass is 10.2. The summed E-state index contributed by atoms with van der Waals surface area (Å²) in [5, 5.41) is 9.24. The minimum atomic E-state index is -0.156. The Balaban J connectivity index is 0.00000320. The van der Waals surface area contributed by atoms with Crippen LogP contribution in [0, 0.1) is 0 Å². The normalized spacial score (nSPS) is 12.8. The van der Waals surface area contributed by atoms with Crippen molar-refractivity contribution in [1.82, 2.24) is 10.6 Å². The van der Waals surface area contributed by atoms with E-state index in [1.165, 1.54) is 0 Å². The Morgan fingerprint density at radius 2 is 1.83 bits per heavy atom. The third-order valence-corrected chi connectivity index (χ3v) is 4.27. The molecule has 2 aromatic rings. The van der Waals surface area contributed by atoms with E-state index in [0.29, 0.717) is 49.3 Å². The highest BCUT2D eigenvalue weighted by Gasteiger charge is 2.11. The third kappa shape index (κ3) is 6.68. The predicted molar refractivity (Wildman–Crippen MR) is 128 cm³/mol. The number of halogens is 1. The van der Waals surface area contributed by atoms with E-state index < -0.39 is 0 Å². The zero-order chi connectivity index (χ0) is 20.5. The van der Waals surface area contributed by atoms with Gasteiger partial charge in [0.25, 0.3) is 5.91 Å². The number of amides is 1. The maximum Gasteiger partial charge on any atom is 0.251 e. The molecule has 0 unspecified atom stereocenters. The monoisotopic (exact) mass is 526 g/mol. The number of carbonyl (C=O) groups excluding carboxylic acids is 1. The van der Waals surface area contributed by atoms with Gasteiger partial charge in [-0.2, -0.15) is 0 Å². The van der Waals surface area contributed by atoms with Crippen LogP contribution in [0.5, 0.6) is 17.2 Å². The van der Waals surface area contributed by atoms with Crippen LogP contribution in [-0.4, -0.2) is 52.3 Å². The van der Waals surface area contributed by atoms with Crippen molar-refractivity contribution in [1.29, 1.82) is 0 Å². The molecule has 0 atom stereocenters. The van der Waals surface area contributed by atoms with E-state index in [4.69, 9.17) is 14.2 Å². The molecule has 0 aliphatic carbocycles. The highest BCUT2D eigenvalue weighted by Crippen LogP contribution is 2.32. The number of ether oxygens (including phenoxy) is 3. The fourth-order valence-corrected chi connectivity index (χ4v) is 2.78. The van der Waals surface area contributed by atoms with Crippen molar-refractivity contribution in [2.75, 3.05) is 45.8 Å². The maximum atomic E-state index is 12.2. The average molecular weight is 526 g/mol. The van der Waals surface area contributed by atoms with Crippen molar-refractivity contribution < 1.29 is 19.0 Å². The number of anilines is 1. The van der Waals surface area contributed by atoms with Crippen molar-refractivity contribution in [2.45, 2.75) is 6.42 Å². The highest BCUT2D eigenvalue weighted by molar-refractivity contribution is 14.0. The minimum absolute atomic E-state index is 0. The molecular formula is C21H27IN4O4. The molecule has 0 aromatic heterocycles. The van der Waals surface area contributed by atoms with Crippen molar-refractivity contribution in [3.8, 4) is 17.2 Å². The van der Waals surface area contributed by atoms with Crippen LogP contribution in [0.2, 0.25) is 0 Å². The zero-order valence-electron chi connectivity index (χ0n) is 17.1. The SMILES string of the molecule is CN=C(NCCNC(=O)c1cccc(OC)c1)Nc1ccc2c(c1)OCCCO2.I. The molecule has 1 amide bonds. The first-order chi connectivity index (χ1) is 14.2. The number of aliphatic imine (C=N–C) groups is 1. The molecule has 9 heteroatoms. The summed E-state index contributed by atoms with van der Waals surface area (Å²) in [7, 11) is 3.26. The van der Waals surface area contributed by atoms with Gasteiger partial charge in [-0.05, 0) is 30.3 Å². The van der Waals surface area contributed by atoms with Gasteiger partial charge in [0.15, 0.2) is 17.5 Å². The summed E-state index contributed by atoms with van der Waals surface area (Å²) in [6.45, 7) is 2.25. The fourth-order valence-electron chi connectivity index (χ4n) is 2.78. The van der Waals surface area contributed by atoms with Crippen molar-refractivity contribution >= 4 is 41.5 Å². The minimum Gasteiger partial charge on any atom is -0.497 e. The van der Waals surface area contributed by atoms with E-state index in [1.54, 1.807) is 38.4 Å². The van der Waals surface area contributed by atoms with E-state index in [1.807, 2.05) is 18.2 Å². The Morgan fingerprint density at radius 1 is 1.07 bits per heavy atom. The van der Waals surface area contributed by atoms with Crippen LogP contribution in [0.25, 0.3) is 0 Å². The number of nitrogens with zero attached hydrogens (tertiary/aromatic N) is 1. The van der Waals surface area contributed by atoms with Gasteiger partial charge in [0.05, 0.1) is 20.3 Å². The molecular weight excluding hydrogens is 499 g/mol. The van der Waals surface area contributed by atoms with Crippen LogP contribution in [-0.2, 0) is 0 Å². The molecule has 162 valence electrons. The average Bonchev–Trinajstić information content (AvgIpc) is 3.00. The lowest BCUT2D eigenvalue weighted by molar-refractivity contribution is 0.0954. The van der Waals surface area contributed by atoms with Crippen LogP contribution in [0.1, 0.15) is 16.8 Å². The Kier molecular flexibility index (Phi) is 9.52. The molecule has 1 heterocycles. The largest absolute Gasteiger partial charge is 0.497 e. The standard InChI is InChI=1S/C21H26N4O4.HI/c1-22-21(25-16-7-8-18-19(14-16)29-12-4-11-28-18)24-10-9-23-20(26)15-5-3-6-17(13-15)27-2;/h3,5-8,13-14H,4,9-12H2,1-2H3,(H,23,26)(H2,22,24,25);1H. The van der Waals surface area contributed by atoms with E-state index >= 15 is 0 Å². The summed E-state index contributed by atoms with van der Waals surface area (Å²) < 4.78 is 16.5. The summed E-state index contributed by atoms with van der Waals surface area (Å²) in [5.74, 6) is 2.55. The number of hydrogen-bond acceptors (Lipinski definition) is 5. The number of methoxy groups -OCH3 is 1. The smallest absolute Gasteiger partial charge is 0.251 e. The van der Waals surface area contributed by atoms with Gasteiger partial charge in [0.2, 0.25) is 0 Å². The predicted octanol–water partition coefficient (Wildman–Crippen LogP) is 2.89. The van der Waals surface area contributed by atoms with E-state index in [-0.39, 0.29) is 29.9 Å². The zero-order valence-corrected chi connectivity index (χ0v) is 19.4. The van der Waals surface area contributed by atoms with Crippen molar-refractivity contribution in [2.24, 2.45) is 4.99 Å². The molecule has 8 nitrogen and oxygen atoms in total. The van der Waals surface area contributed by atoms with E-state index in [0.717, 1.165) is 17.9 Å². The Hall–Kier alpha value is -2.69. The molecule has 0 radical (unpaired) electrons. The molecule has 30 heavy (non-hydrogen) atoms. The third-order valence-electron chi connectivity index (χ3n) is 4.27. The van der Waals surface area contributed by atoms with Gasteiger partial charge in [0, 0.05) is 43.9 Å². The number of fused-ring (bicyclic) bond motifs is 1. The van der Waals surface area contributed by atoms with Gasteiger partial charge >= 0.3 is 0 Å². The second-order valence-corrected chi connectivity index (χ2v) is 6.32. The summed E-state index contributed by atoms with van der Waals surface area (Å²) in [6, 6.07) is 12.7. The number of nitrogens with one attached hydrogen (secondary N) is 3. The first-order valence-corrected chi connectivity index (χ1v) is 9.49. The quantitative estimate of drug-likeness (QED) is 0.232. The number of hydrogen-bond donors (Lipinski definition) is 3. The topological polar surface area (TPSA) is 93.2 Å². The van der Waals surface area contributed by atoms with E-state index in [9.17, 15) is 4.79 Å². The molecule has 0 bridgehead atoms. The Bertz CT molecular complexity index is 876. The molecule has 3 N–H and O–H groups in total. The number of benzene rings is 2. The lowest BCUT2D eigenvalue weighted by Crippen LogP contribution is -2.37. The van der Waals surface area contributed by atoms with Crippen LogP contribution in [0.3, 0.4) is 0 Å². The lowest BCUT2D eigenvalue weighted by Gasteiger charge is -2.14. The van der Waals surface area contributed by atoms with Gasteiger partial charge in [-0.25, -0.2) is 0 Å². The van der Waals surface area contributed by atoms with Gasteiger partial charge in [-0.3, -0.25) is 9.79 Å². The molecule has 0 fully saturated rings.